The molecule has 3 rings (SSSR count). The number of anilines is 2. The van der Waals surface area contributed by atoms with Crippen LogP contribution in [0.3, 0.4) is 0 Å². The van der Waals surface area contributed by atoms with E-state index in [0.717, 1.165) is 17.8 Å². The van der Waals surface area contributed by atoms with Gasteiger partial charge in [0.25, 0.3) is 0 Å². The average molecular weight is 399 g/mol. The van der Waals surface area contributed by atoms with Crippen molar-refractivity contribution >= 4 is 11.8 Å². The lowest BCUT2D eigenvalue weighted by Crippen LogP contribution is -2.06. The van der Waals surface area contributed by atoms with Crippen LogP contribution in [0.15, 0.2) is 24.4 Å². The number of nitrogen functional groups attached to an aromatic ring is 2. The Morgan fingerprint density at radius 2 is 1.72 bits per heavy atom. The van der Waals surface area contributed by atoms with Crippen molar-refractivity contribution in [2.75, 3.05) is 32.3 Å². The first-order chi connectivity index (χ1) is 14.0. The van der Waals surface area contributed by atoms with Crippen LogP contribution in [-0.2, 0) is 19.4 Å². The molecule has 29 heavy (non-hydrogen) atoms. The first-order valence-corrected chi connectivity index (χ1v) is 9.18. The highest BCUT2D eigenvalue weighted by molar-refractivity contribution is 5.54. The van der Waals surface area contributed by atoms with Crippen LogP contribution in [0.5, 0.6) is 17.2 Å². The molecule has 1 aromatic carbocycles. The SMILES string of the molecule is CCn1cc(CCOc2c(OC)cc(Cc3cc(N)nc(N)n3)cc2OC)nn1. The number of methoxy groups -OCH3 is 2. The van der Waals surface area contributed by atoms with Gasteiger partial charge in [0.05, 0.1) is 32.2 Å². The maximum absolute atomic E-state index is 5.95. The van der Waals surface area contributed by atoms with Crippen molar-refractivity contribution in [3.63, 3.8) is 0 Å². The van der Waals surface area contributed by atoms with E-state index in [0.29, 0.717) is 48.2 Å². The highest BCUT2D eigenvalue weighted by Gasteiger charge is 2.15. The molecular weight excluding hydrogens is 374 g/mol. The third-order valence-corrected chi connectivity index (χ3v) is 4.24. The summed E-state index contributed by atoms with van der Waals surface area (Å²) >= 11 is 0. The van der Waals surface area contributed by atoms with Crippen LogP contribution in [-0.4, -0.2) is 45.8 Å². The molecule has 3 aromatic rings. The number of rotatable bonds is 9. The topological polar surface area (TPSA) is 136 Å². The summed E-state index contributed by atoms with van der Waals surface area (Å²) in [4.78, 5) is 8.10. The van der Waals surface area contributed by atoms with Gasteiger partial charge in [-0.05, 0) is 24.6 Å². The van der Waals surface area contributed by atoms with Gasteiger partial charge in [0.15, 0.2) is 11.5 Å². The zero-order chi connectivity index (χ0) is 20.8. The van der Waals surface area contributed by atoms with Crippen LogP contribution in [0, 0.1) is 0 Å². The van der Waals surface area contributed by atoms with Crippen LogP contribution < -0.4 is 25.7 Å². The summed E-state index contributed by atoms with van der Waals surface area (Å²) in [7, 11) is 3.16. The Bertz CT molecular complexity index is 929. The minimum absolute atomic E-state index is 0.138. The summed E-state index contributed by atoms with van der Waals surface area (Å²) < 4.78 is 18.8. The normalized spacial score (nSPS) is 10.7. The molecule has 4 N–H and O–H groups in total. The summed E-state index contributed by atoms with van der Waals surface area (Å²) in [6, 6.07) is 5.43. The standard InChI is InChI=1S/C19H25N7O3/c1-4-26-11-13(24-25-26)5-6-29-18-15(27-2)8-12(9-16(18)28-3)7-14-10-17(20)23-19(21)22-14/h8-11H,4-7H2,1-3H3,(H4,20,21,22,23). The molecule has 0 bridgehead atoms. The van der Waals surface area contributed by atoms with Gasteiger partial charge in [-0.1, -0.05) is 5.21 Å². The zero-order valence-electron chi connectivity index (χ0n) is 16.8. The van der Waals surface area contributed by atoms with E-state index >= 15 is 0 Å². The summed E-state index contributed by atoms with van der Waals surface area (Å²) in [5.41, 5.74) is 13.9. The van der Waals surface area contributed by atoms with E-state index in [4.69, 9.17) is 25.7 Å². The van der Waals surface area contributed by atoms with Gasteiger partial charge < -0.3 is 25.7 Å². The Morgan fingerprint density at radius 1 is 1.00 bits per heavy atom. The van der Waals surface area contributed by atoms with Gasteiger partial charge in [-0.2, -0.15) is 4.98 Å². The number of aromatic nitrogens is 5. The number of aryl methyl sites for hydroxylation is 1. The molecule has 0 aliphatic rings. The summed E-state index contributed by atoms with van der Waals surface area (Å²) in [5.74, 6) is 2.12. The number of ether oxygens (including phenoxy) is 3. The van der Waals surface area contributed by atoms with Crippen LogP contribution in [0.25, 0.3) is 0 Å². The summed E-state index contributed by atoms with van der Waals surface area (Å²) in [5, 5.41) is 8.14. The molecular formula is C19H25N7O3. The van der Waals surface area contributed by atoms with Crippen molar-refractivity contribution in [1.29, 1.82) is 0 Å². The Balaban J connectivity index is 1.76. The van der Waals surface area contributed by atoms with Crippen molar-refractivity contribution in [2.24, 2.45) is 0 Å². The maximum atomic E-state index is 5.95. The van der Waals surface area contributed by atoms with Gasteiger partial charge in [0.1, 0.15) is 5.82 Å². The van der Waals surface area contributed by atoms with Crippen LogP contribution in [0.2, 0.25) is 0 Å². The Morgan fingerprint density at radius 3 is 2.31 bits per heavy atom. The minimum Gasteiger partial charge on any atom is -0.493 e. The van der Waals surface area contributed by atoms with Crippen LogP contribution in [0.1, 0.15) is 23.9 Å². The second-order valence-corrected chi connectivity index (χ2v) is 6.31. The van der Waals surface area contributed by atoms with Gasteiger partial charge in [0.2, 0.25) is 11.7 Å². The number of benzene rings is 1. The minimum atomic E-state index is 0.138. The van der Waals surface area contributed by atoms with Crippen LogP contribution in [0.4, 0.5) is 11.8 Å². The van der Waals surface area contributed by atoms with E-state index in [9.17, 15) is 0 Å². The second kappa shape index (κ2) is 9.09. The maximum Gasteiger partial charge on any atom is 0.222 e. The van der Waals surface area contributed by atoms with E-state index < -0.39 is 0 Å². The second-order valence-electron chi connectivity index (χ2n) is 6.31. The molecule has 2 heterocycles. The van der Waals surface area contributed by atoms with Crippen molar-refractivity contribution in [1.82, 2.24) is 25.0 Å². The van der Waals surface area contributed by atoms with Gasteiger partial charge >= 0.3 is 0 Å². The molecule has 0 saturated heterocycles. The van der Waals surface area contributed by atoms with E-state index in [2.05, 4.69) is 20.3 Å². The van der Waals surface area contributed by atoms with Crippen molar-refractivity contribution < 1.29 is 14.2 Å². The molecule has 0 aliphatic carbocycles. The molecule has 10 nitrogen and oxygen atoms in total. The fourth-order valence-corrected chi connectivity index (χ4v) is 2.88. The summed E-state index contributed by atoms with van der Waals surface area (Å²) in [6.07, 6.45) is 3.01. The molecule has 2 aromatic heterocycles. The fourth-order valence-electron chi connectivity index (χ4n) is 2.88. The lowest BCUT2D eigenvalue weighted by atomic mass is 10.1. The lowest BCUT2D eigenvalue weighted by molar-refractivity contribution is 0.276. The Kier molecular flexibility index (Phi) is 6.32. The van der Waals surface area contributed by atoms with E-state index in [1.165, 1.54) is 0 Å². The van der Waals surface area contributed by atoms with E-state index in [-0.39, 0.29) is 5.95 Å². The number of hydrogen-bond donors (Lipinski definition) is 2. The third kappa shape index (κ3) is 5.03. The molecule has 154 valence electrons. The Hall–Kier alpha value is -3.56. The van der Waals surface area contributed by atoms with Crippen molar-refractivity contribution in [3.8, 4) is 17.2 Å². The first-order valence-electron chi connectivity index (χ1n) is 9.18. The summed E-state index contributed by atoms with van der Waals surface area (Å²) in [6.45, 7) is 3.20. The molecule has 10 heteroatoms. The molecule has 0 unspecified atom stereocenters. The third-order valence-electron chi connectivity index (χ3n) is 4.24. The molecule has 0 radical (unpaired) electrons. The van der Waals surface area contributed by atoms with E-state index in [1.54, 1.807) is 25.0 Å². The van der Waals surface area contributed by atoms with Gasteiger partial charge in [0, 0.05) is 31.6 Å². The predicted octanol–water partition coefficient (Wildman–Crippen LogP) is 1.48. The number of nitrogens with two attached hydrogens (primary N) is 2. The smallest absolute Gasteiger partial charge is 0.222 e. The molecule has 0 spiro atoms. The van der Waals surface area contributed by atoms with Gasteiger partial charge in [-0.25, -0.2) is 4.98 Å². The number of nitrogens with zero attached hydrogens (tertiary/aromatic N) is 5. The predicted molar refractivity (Wildman–Crippen MR) is 108 cm³/mol. The molecule has 0 aliphatic heterocycles. The first kappa shape index (κ1) is 20.2. The molecule has 0 fully saturated rings. The van der Waals surface area contributed by atoms with Crippen molar-refractivity contribution in [3.05, 3.63) is 41.3 Å². The molecule has 0 saturated carbocycles. The quantitative estimate of drug-likeness (QED) is 0.548. The molecule has 0 amide bonds. The highest BCUT2D eigenvalue weighted by atomic mass is 16.5. The van der Waals surface area contributed by atoms with Gasteiger partial charge in [-0.15, -0.1) is 5.10 Å². The lowest BCUT2D eigenvalue weighted by Gasteiger charge is -2.16. The number of hydrogen-bond acceptors (Lipinski definition) is 9. The highest BCUT2D eigenvalue weighted by Crippen LogP contribution is 2.39. The monoisotopic (exact) mass is 399 g/mol. The van der Waals surface area contributed by atoms with Crippen molar-refractivity contribution in [2.45, 2.75) is 26.3 Å². The fraction of sp³-hybridized carbons (Fsp3) is 0.368. The van der Waals surface area contributed by atoms with Crippen LogP contribution >= 0.6 is 0 Å². The van der Waals surface area contributed by atoms with Gasteiger partial charge in [-0.3, -0.25) is 4.68 Å². The zero-order valence-corrected chi connectivity index (χ0v) is 16.8. The largest absolute Gasteiger partial charge is 0.493 e. The molecule has 0 atom stereocenters. The Labute approximate surface area is 168 Å². The average Bonchev–Trinajstić information content (AvgIpc) is 3.15. The van der Waals surface area contributed by atoms with E-state index in [1.807, 2.05) is 25.3 Å².